The van der Waals surface area contributed by atoms with Gasteiger partial charge in [-0.1, -0.05) is 17.8 Å². The van der Waals surface area contributed by atoms with Gasteiger partial charge < -0.3 is 24.3 Å². The van der Waals surface area contributed by atoms with Crippen LogP contribution in [0.3, 0.4) is 0 Å². The fourth-order valence-electron chi connectivity index (χ4n) is 3.82. The number of hydrogen-bond acceptors (Lipinski definition) is 8. The lowest BCUT2D eigenvalue weighted by Gasteiger charge is -2.32. The molecule has 9 nitrogen and oxygen atoms in total. The molecule has 1 aliphatic rings. The summed E-state index contributed by atoms with van der Waals surface area (Å²) in [5.41, 5.74) is 2.08. The molecule has 1 aliphatic heterocycles. The average molecular weight is 536 g/mol. The van der Waals surface area contributed by atoms with Crippen molar-refractivity contribution in [1.82, 2.24) is 4.90 Å². The molecule has 0 bridgehead atoms. The molecule has 198 valence electrons. The highest BCUT2D eigenvalue weighted by Gasteiger charge is 2.36. The third-order valence-corrected chi connectivity index (χ3v) is 7.06. The Hall–Kier alpha value is -4.18. The van der Waals surface area contributed by atoms with Gasteiger partial charge in [0.15, 0.2) is 16.7 Å². The summed E-state index contributed by atoms with van der Waals surface area (Å²) in [6.07, 6.45) is 0.0293. The molecule has 0 saturated carbocycles. The molecular weight excluding hydrogens is 506 g/mol. The van der Waals surface area contributed by atoms with Crippen molar-refractivity contribution in [1.29, 1.82) is 0 Å². The first-order valence-electron chi connectivity index (χ1n) is 11.8. The number of carbonyl (C=O) groups is 2. The van der Waals surface area contributed by atoms with Crippen LogP contribution in [0.5, 0.6) is 23.0 Å². The number of carbonyl (C=O) groups excluding carboxylic acids is 2. The fourth-order valence-corrected chi connectivity index (χ4v) is 4.92. The van der Waals surface area contributed by atoms with Crippen molar-refractivity contribution in [2.24, 2.45) is 4.99 Å². The summed E-state index contributed by atoms with van der Waals surface area (Å²) in [6.45, 7) is 0.258. The normalized spacial score (nSPS) is 16.2. The van der Waals surface area contributed by atoms with Gasteiger partial charge in [0, 0.05) is 12.1 Å². The molecule has 10 heteroatoms. The summed E-state index contributed by atoms with van der Waals surface area (Å²) < 4.78 is 21.2. The molecule has 2 amide bonds. The molecule has 3 aromatic carbocycles. The van der Waals surface area contributed by atoms with Gasteiger partial charge in [0.2, 0.25) is 11.8 Å². The second-order valence-corrected chi connectivity index (χ2v) is 9.46. The van der Waals surface area contributed by atoms with E-state index < -0.39 is 5.25 Å². The van der Waals surface area contributed by atoms with E-state index in [4.69, 9.17) is 23.9 Å². The average Bonchev–Trinajstić information content (AvgIpc) is 2.95. The van der Waals surface area contributed by atoms with Gasteiger partial charge in [0.25, 0.3) is 0 Å². The maximum Gasteiger partial charge on any atom is 0.238 e. The number of benzene rings is 3. The molecular formula is C28H29N3O6S. The minimum Gasteiger partial charge on any atom is -0.497 e. The number of amidine groups is 1. The van der Waals surface area contributed by atoms with Gasteiger partial charge in [0.05, 0.1) is 40.7 Å². The summed E-state index contributed by atoms with van der Waals surface area (Å²) in [5, 5.41) is 2.66. The summed E-state index contributed by atoms with van der Waals surface area (Å²) in [4.78, 5) is 32.8. The van der Waals surface area contributed by atoms with Gasteiger partial charge in [-0.3, -0.25) is 14.5 Å². The number of thioether (sulfide) groups is 1. The van der Waals surface area contributed by atoms with Crippen LogP contribution in [0.15, 0.2) is 71.7 Å². The van der Waals surface area contributed by atoms with E-state index in [0.29, 0.717) is 39.5 Å². The Kier molecular flexibility index (Phi) is 8.75. The van der Waals surface area contributed by atoms with Crippen molar-refractivity contribution in [2.45, 2.75) is 18.2 Å². The third-order valence-electron chi connectivity index (χ3n) is 5.88. The quantitative estimate of drug-likeness (QED) is 0.417. The van der Waals surface area contributed by atoms with E-state index in [1.54, 1.807) is 87.9 Å². The van der Waals surface area contributed by atoms with Crippen LogP contribution in [0.2, 0.25) is 0 Å². The van der Waals surface area contributed by atoms with Gasteiger partial charge in [-0.05, 0) is 66.2 Å². The predicted octanol–water partition coefficient (Wildman–Crippen LogP) is 4.88. The molecule has 1 N–H and O–H groups in total. The van der Waals surface area contributed by atoms with E-state index in [1.165, 1.54) is 11.8 Å². The molecule has 1 atom stereocenters. The van der Waals surface area contributed by atoms with Crippen molar-refractivity contribution >= 4 is 40.1 Å². The second kappa shape index (κ2) is 12.4. The zero-order chi connectivity index (χ0) is 27.1. The van der Waals surface area contributed by atoms with Crippen LogP contribution in [-0.4, -0.2) is 55.6 Å². The van der Waals surface area contributed by atoms with E-state index in [1.807, 2.05) is 12.1 Å². The Morgan fingerprint density at radius 3 is 2.13 bits per heavy atom. The first-order valence-corrected chi connectivity index (χ1v) is 12.7. The zero-order valence-corrected chi connectivity index (χ0v) is 22.4. The first kappa shape index (κ1) is 26.9. The maximum atomic E-state index is 13.4. The Balaban J connectivity index is 1.60. The fraction of sp³-hybridized carbons (Fsp3) is 0.250. The Morgan fingerprint density at radius 1 is 0.895 bits per heavy atom. The van der Waals surface area contributed by atoms with Crippen molar-refractivity contribution in [3.8, 4) is 23.0 Å². The molecule has 0 spiro atoms. The van der Waals surface area contributed by atoms with Crippen LogP contribution < -0.4 is 24.3 Å². The topological polar surface area (TPSA) is 98.7 Å². The number of rotatable bonds is 9. The molecule has 38 heavy (non-hydrogen) atoms. The van der Waals surface area contributed by atoms with Crippen LogP contribution >= 0.6 is 11.8 Å². The van der Waals surface area contributed by atoms with Crippen LogP contribution in [-0.2, 0) is 16.1 Å². The number of ether oxygens (including phenoxy) is 4. The minimum atomic E-state index is -0.650. The van der Waals surface area contributed by atoms with Crippen molar-refractivity contribution in [3.05, 3.63) is 72.3 Å². The number of anilines is 1. The van der Waals surface area contributed by atoms with Gasteiger partial charge >= 0.3 is 0 Å². The highest BCUT2D eigenvalue weighted by Crippen LogP contribution is 2.33. The van der Waals surface area contributed by atoms with Crippen molar-refractivity contribution < 1.29 is 28.5 Å². The molecule has 0 aliphatic carbocycles. The standard InChI is InChI=1S/C28H29N3O6S/c1-34-21-10-6-19(7-11-21)29-27(33)25-16-26(32)31(17-18-5-14-23(36-3)24(15-18)37-4)28(38-25)30-20-8-12-22(35-2)13-9-20/h5-15,25H,16-17H2,1-4H3,(H,29,33). The lowest BCUT2D eigenvalue weighted by molar-refractivity contribution is -0.129. The monoisotopic (exact) mass is 535 g/mol. The maximum absolute atomic E-state index is 13.4. The molecule has 1 heterocycles. The third kappa shape index (κ3) is 6.38. The Labute approximate surface area is 225 Å². The summed E-state index contributed by atoms with van der Waals surface area (Å²) in [6, 6.07) is 19.7. The van der Waals surface area contributed by atoms with E-state index >= 15 is 0 Å². The van der Waals surface area contributed by atoms with Crippen LogP contribution in [0.4, 0.5) is 11.4 Å². The second-order valence-electron chi connectivity index (χ2n) is 8.29. The first-order chi connectivity index (χ1) is 18.4. The number of methoxy groups -OCH3 is 4. The zero-order valence-electron chi connectivity index (χ0n) is 21.6. The number of nitrogens with one attached hydrogen (secondary N) is 1. The molecule has 0 aromatic heterocycles. The highest BCUT2D eigenvalue weighted by molar-refractivity contribution is 8.15. The SMILES string of the molecule is COc1ccc(N=C2SC(C(=O)Nc3ccc(OC)cc3)CC(=O)N2Cc2ccc(OC)c(OC)c2)cc1. The molecule has 1 fully saturated rings. The van der Waals surface area contributed by atoms with E-state index in [9.17, 15) is 9.59 Å². The number of aliphatic imine (C=N–C) groups is 1. The smallest absolute Gasteiger partial charge is 0.238 e. The summed E-state index contributed by atoms with van der Waals surface area (Å²) >= 11 is 1.25. The molecule has 1 saturated heterocycles. The van der Waals surface area contributed by atoms with E-state index in [-0.39, 0.29) is 24.8 Å². The Morgan fingerprint density at radius 2 is 1.53 bits per heavy atom. The van der Waals surface area contributed by atoms with Crippen LogP contribution in [0.1, 0.15) is 12.0 Å². The lowest BCUT2D eigenvalue weighted by atomic mass is 10.1. The molecule has 3 aromatic rings. The predicted molar refractivity (Wildman–Crippen MR) is 148 cm³/mol. The minimum absolute atomic E-state index is 0.0293. The molecule has 1 unspecified atom stereocenters. The van der Waals surface area contributed by atoms with E-state index in [2.05, 4.69) is 5.32 Å². The van der Waals surface area contributed by atoms with Gasteiger partial charge in [-0.25, -0.2) is 4.99 Å². The largest absolute Gasteiger partial charge is 0.497 e. The molecule has 4 rings (SSSR count). The highest BCUT2D eigenvalue weighted by atomic mass is 32.2. The number of hydrogen-bond donors (Lipinski definition) is 1. The van der Waals surface area contributed by atoms with Crippen molar-refractivity contribution in [3.63, 3.8) is 0 Å². The lowest BCUT2D eigenvalue weighted by Crippen LogP contribution is -2.44. The summed E-state index contributed by atoms with van der Waals surface area (Å²) in [5.74, 6) is 2.05. The molecule has 0 radical (unpaired) electrons. The van der Waals surface area contributed by atoms with E-state index in [0.717, 1.165) is 5.56 Å². The van der Waals surface area contributed by atoms with Crippen molar-refractivity contribution in [2.75, 3.05) is 33.8 Å². The number of nitrogens with zero attached hydrogens (tertiary/aromatic N) is 2. The Bertz CT molecular complexity index is 1310. The van der Waals surface area contributed by atoms with Crippen LogP contribution in [0.25, 0.3) is 0 Å². The van der Waals surface area contributed by atoms with Crippen LogP contribution in [0, 0.1) is 0 Å². The van der Waals surface area contributed by atoms with Gasteiger partial charge in [-0.15, -0.1) is 0 Å². The van der Waals surface area contributed by atoms with Gasteiger partial charge in [-0.2, -0.15) is 0 Å². The number of amides is 2. The van der Waals surface area contributed by atoms with Gasteiger partial charge in [0.1, 0.15) is 16.7 Å². The summed E-state index contributed by atoms with van der Waals surface area (Å²) in [7, 11) is 6.30.